The molecule has 0 saturated heterocycles. The van der Waals surface area contributed by atoms with E-state index in [1.54, 1.807) is 17.6 Å². The minimum Gasteiger partial charge on any atom is -0.488 e. The molecule has 1 amide bonds. The molecule has 0 fully saturated rings. The lowest BCUT2D eigenvalue weighted by Gasteiger charge is -2.08. The van der Waals surface area contributed by atoms with Gasteiger partial charge >= 0.3 is 0 Å². The molecule has 4 nitrogen and oxygen atoms in total. The van der Waals surface area contributed by atoms with E-state index < -0.39 is 0 Å². The predicted octanol–water partition coefficient (Wildman–Crippen LogP) is 4.58. The van der Waals surface area contributed by atoms with Crippen molar-refractivity contribution in [2.45, 2.75) is 25.9 Å². The van der Waals surface area contributed by atoms with Gasteiger partial charge in [0.05, 0.1) is 11.1 Å². The summed E-state index contributed by atoms with van der Waals surface area (Å²) < 4.78 is 5.90. The maximum Gasteiger partial charge on any atom is 0.281 e. The Morgan fingerprint density at radius 1 is 1.11 bits per heavy atom. The molecule has 4 rings (SSSR count). The van der Waals surface area contributed by atoms with Crippen LogP contribution in [0.25, 0.3) is 0 Å². The van der Waals surface area contributed by atoms with Gasteiger partial charge in [-0.1, -0.05) is 42.5 Å². The van der Waals surface area contributed by atoms with Gasteiger partial charge in [0, 0.05) is 10.4 Å². The molecule has 1 aliphatic rings. The van der Waals surface area contributed by atoms with E-state index >= 15 is 0 Å². The molecule has 0 aliphatic heterocycles. The van der Waals surface area contributed by atoms with Gasteiger partial charge in [-0.3, -0.25) is 4.79 Å². The fraction of sp³-hybridized carbons (Fsp3) is 0.182. The Bertz CT molecular complexity index is 942. The first kappa shape index (κ1) is 17.5. The Kier molecular flexibility index (Phi) is 5.30. The third kappa shape index (κ3) is 4.26. The Hall–Kier alpha value is -2.92. The molecule has 3 aromatic rings. The van der Waals surface area contributed by atoms with E-state index in [-0.39, 0.29) is 5.91 Å². The molecule has 1 aliphatic carbocycles. The van der Waals surface area contributed by atoms with Crippen LogP contribution in [0, 0.1) is 0 Å². The van der Waals surface area contributed by atoms with E-state index in [0.29, 0.717) is 6.61 Å². The third-order valence-electron chi connectivity index (χ3n) is 4.50. The van der Waals surface area contributed by atoms with Crippen molar-refractivity contribution in [3.05, 3.63) is 87.1 Å². The molecule has 0 bridgehead atoms. The van der Waals surface area contributed by atoms with Gasteiger partial charge in [-0.05, 0) is 48.6 Å². The highest BCUT2D eigenvalue weighted by atomic mass is 32.1. The van der Waals surface area contributed by atoms with Crippen LogP contribution in [-0.4, -0.2) is 12.1 Å². The molecule has 27 heavy (non-hydrogen) atoms. The van der Waals surface area contributed by atoms with E-state index in [2.05, 4.69) is 10.5 Å². The zero-order valence-corrected chi connectivity index (χ0v) is 15.7. The number of hydrazone groups is 1. The summed E-state index contributed by atoms with van der Waals surface area (Å²) in [5, 5.41) is 4.12. The summed E-state index contributed by atoms with van der Waals surface area (Å²) in [5.41, 5.74) is 5.86. The number of nitrogens with zero attached hydrogens (tertiary/aromatic N) is 1. The molecule has 0 atom stereocenters. The number of carbonyl (C=O) groups excluding carboxylic acids is 1. The number of nitrogens with one attached hydrogen (secondary N) is 1. The maximum atomic E-state index is 12.3. The predicted molar refractivity (Wildman–Crippen MR) is 109 cm³/mol. The zero-order valence-electron chi connectivity index (χ0n) is 14.9. The van der Waals surface area contributed by atoms with Crippen LogP contribution in [-0.2, 0) is 19.4 Å². The maximum absolute atomic E-state index is 12.3. The second kappa shape index (κ2) is 8.18. The average Bonchev–Trinajstić information content (AvgIpc) is 3.30. The van der Waals surface area contributed by atoms with Crippen LogP contribution in [0.5, 0.6) is 5.75 Å². The number of amides is 1. The van der Waals surface area contributed by atoms with Crippen molar-refractivity contribution in [1.82, 2.24) is 5.43 Å². The molecular formula is C22H20N2O2S. The molecule has 136 valence electrons. The van der Waals surface area contributed by atoms with E-state index in [1.165, 1.54) is 16.9 Å². The molecule has 1 N–H and O–H groups in total. The fourth-order valence-electron chi connectivity index (χ4n) is 3.11. The van der Waals surface area contributed by atoms with Gasteiger partial charge < -0.3 is 4.74 Å². The Balaban J connectivity index is 1.39. The van der Waals surface area contributed by atoms with Gasteiger partial charge in [-0.25, -0.2) is 5.43 Å². The van der Waals surface area contributed by atoms with Crippen molar-refractivity contribution in [2.75, 3.05) is 0 Å². The second-order valence-electron chi connectivity index (χ2n) is 6.42. The van der Waals surface area contributed by atoms with Crippen LogP contribution in [0.15, 0.2) is 65.8 Å². The molecule has 5 heteroatoms. The lowest BCUT2D eigenvalue weighted by Crippen LogP contribution is -2.16. The Morgan fingerprint density at radius 2 is 1.93 bits per heavy atom. The summed E-state index contributed by atoms with van der Waals surface area (Å²) in [6, 6.07) is 19.6. The summed E-state index contributed by atoms with van der Waals surface area (Å²) in [7, 11) is 0. The number of benzene rings is 2. The van der Waals surface area contributed by atoms with Crippen molar-refractivity contribution in [1.29, 1.82) is 0 Å². The fourth-order valence-corrected chi connectivity index (χ4v) is 4.25. The SMILES string of the molecule is O=C(N/N=C\c1ccccc1OCc1ccccc1)c1cc2c(s1)CCC2. The molecule has 1 aromatic heterocycles. The normalized spacial score (nSPS) is 12.9. The number of para-hydroxylation sites is 1. The number of ether oxygens (including phenoxy) is 1. The molecule has 0 unspecified atom stereocenters. The van der Waals surface area contributed by atoms with Gasteiger partial charge in [0.2, 0.25) is 0 Å². The minimum atomic E-state index is -0.159. The summed E-state index contributed by atoms with van der Waals surface area (Å²) in [4.78, 5) is 14.4. The van der Waals surface area contributed by atoms with Crippen molar-refractivity contribution < 1.29 is 9.53 Å². The molecule has 0 radical (unpaired) electrons. The minimum absolute atomic E-state index is 0.159. The first-order valence-corrected chi connectivity index (χ1v) is 9.82. The number of rotatable bonds is 6. The van der Waals surface area contributed by atoms with Crippen LogP contribution >= 0.6 is 11.3 Å². The average molecular weight is 376 g/mol. The Morgan fingerprint density at radius 3 is 2.78 bits per heavy atom. The number of aryl methyl sites for hydroxylation is 2. The smallest absolute Gasteiger partial charge is 0.281 e. The van der Waals surface area contributed by atoms with Gasteiger partial charge in [0.1, 0.15) is 12.4 Å². The molecular weight excluding hydrogens is 356 g/mol. The van der Waals surface area contributed by atoms with Gasteiger partial charge in [0.15, 0.2) is 0 Å². The number of fused-ring (bicyclic) bond motifs is 1. The lowest BCUT2D eigenvalue weighted by molar-refractivity contribution is 0.0959. The van der Waals surface area contributed by atoms with Crippen molar-refractivity contribution in [3.8, 4) is 5.75 Å². The molecule has 0 saturated carbocycles. The van der Waals surface area contributed by atoms with E-state index in [9.17, 15) is 4.79 Å². The molecule has 1 heterocycles. The van der Waals surface area contributed by atoms with Crippen LogP contribution in [0.1, 0.15) is 37.7 Å². The highest BCUT2D eigenvalue weighted by Gasteiger charge is 2.18. The highest BCUT2D eigenvalue weighted by molar-refractivity contribution is 7.14. The zero-order chi connectivity index (χ0) is 18.5. The summed E-state index contributed by atoms with van der Waals surface area (Å²) in [5.74, 6) is 0.572. The van der Waals surface area contributed by atoms with Crippen molar-refractivity contribution in [2.24, 2.45) is 5.10 Å². The van der Waals surface area contributed by atoms with Crippen molar-refractivity contribution in [3.63, 3.8) is 0 Å². The van der Waals surface area contributed by atoms with E-state index in [0.717, 1.165) is 34.6 Å². The monoisotopic (exact) mass is 376 g/mol. The highest BCUT2D eigenvalue weighted by Crippen LogP contribution is 2.30. The van der Waals surface area contributed by atoms with Gasteiger partial charge in [0.25, 0.3) is 5.91 Å². The van der Waals surface area contributed by atoms with Gasteiger partial charge in [-0.2, -0.15) is 5.10 Å². The first-order chi connectivity index (χ1) is 13.3. The number of hydrogen-bond donors (Lipinski definition) is 1. The number of thiophene rings is 1. The number of hydrogen-bond acceptors (Lipinski definition) is 4. The first-order valence-electron chi connectivity index (χ1n) is 9.00. The topological polar surface area (TPSA) is 50.7 Å². The van der Waals surface area contributed by atoms with Crippen LogP contribution in [0.3, 0.4) is 0 Å². The lowest BCUT2D eigenvalue weighted by atomic mass is 10.2. The van der Waals surface area contributed by atoms with E-state index in [4.69, 9.17) is 4.74 Å². The van der Waals surface area contributed by atoms with Crippen LogP contribution < -0.4 is 10.2 Å². The Labute approximate surface area is 162 Å². The van der Waals surface area contributed by atoms with Crippen LogP contribution in [0.4, 0.5) is 0 Å². The second-order valence-corrected chi connectivity index (χ2v) is 7.56. The summed E-state index contributed by atoms with van der Waals surface area (Å²) in [6.45, 7) is 0.485. The molecule has 2 aromatic carbocycles. The third-order valence-corrected chi connectivity index (χ3v) is 5.73. The van der Waals surface area contributed by atoms with Crippen molar-refractivity contribution >= 4 is 23.5 Å². The van der Waals surface area contributed by atoms with Crippen LogP contribution in [0.2, 0.25) is 0 Å². The largest absolute Gasteiger partial charge is 0.488 e. The standard InChI is InChI=1S/C22H20N2O2S/c25-22(21-13-17-10-6-12-20(17)27-21)24-23-14-18-9-4-5-11-19(18)26-15-16-7-2-1-3-8-16/h1-5,7-9,11,13-14H,6,10,12,15H2,(H,24,25)/b23-14-. The van der Waals surface area contributed by atoms with E-state index in [1.807, 2.05) is 60.7 Å². The molecule has 0 spiro atoms. The van der Waals surface area contributed by atoms with Gasteiger partial charge in [-0.15, -0.1) is 11.3 Å². The summed E-state index contributed by atoms with van der Waals surface area (Å²) >= 11 is 1.57. The number of carbonyl (C=O) groups is 1. The summed E-state index contributed by atoms with van der Waals surface area (Å²) in [6.07, 6.45) is 4.98. The quantitative estimate of drug-likeness (QED) is 0.506.